The summed E-state index contributed by atoms with van der Waals surface area (Å²) in [6, 6.07) is 5.36. The molecule has 0 atom stereocenters. The molecule has 4 heteroatoms. The van der Waals surface area contributed by atoms with Crippen LogP contribution in [0.3, 0.4) is 0 Å². The van der Waals surface area contributed by atoms with Gasteiger partial charge in [0.15, 0.2) is 17.3 Å². The summed E-state index contributed by atoms with van der Waals surface area (Å²) in [6.45, 7) is 5.37. The molecule has 0 unspecified atom stereocenters. The fraction of sp³-hybridized carbons (Fsp3) is 0.588. The van der Waals surface area contributed by atoms with Crippen molar-refractivity contribution in [3.8, 4) is 11.5 Å². The summed E-state index contributed by atoms with van der Waals surface area (Å²) in [5, 5.41) is 0. The topological polar surface area (TPSA) is 38.8 Å². The predicted octanol–water partition coefficient (Wildman–Crippen LogP) is 3.01. The Hall–Kier alpha value is -1.55. The number of nitrogens with zero attached hydrogens (tertiary/aromatic N) is 1. The van der Waals surface area contributed by atoms with E-state index in [9.17, 15) is 4.79 Å². The molecular formula is C17H25NO3. The monoisotopic (exact) mass is 291 g/mol. The summed E-state index contributed by atoms with van der Waals surface area (Å²) in [5.41, 5.74) is 0.693. The first kappa shape index (κ1) is 15.8. The quantitative estimate of drug-likeness (QED) is 0.755. The van der Waals surface area contributed by atoms with Crippen LogP contribution in [0.25, 0.3) is 0 Å². The number of piperidine rings is 1. The zero-order valence-electron chi connectivity index (χ0n) is 13.2. The van der Waals surface area contributed by atoms with Crippen LogP contribution >= 0.6 is 0 Å². The molecular weight excluding hydrogens is 266 g/mol. The van der Waals surface area contributed by atoms with Crippen molar-refractivity contribution in [1.29, 1.82) is 0 Å². The number of carbonyl (C=O) groups excluding carboxylic acids is 1. The van der Waals surface area contributed by atoms with Crippen molar-refractivity contribution in [2.24, 2.45) is 5.92 Å². The van der Waals surface area contributed by atoms with Crippen LogP contribution in [0.4, 0.5) is 0 Å². The van der Waals surface area contributed by atoms with Crippen LogP contribution in [0.5, 0.6) is 11.5 Å². The first-order valence-corrected chi connectivity index (χ1v) is 7.61. The van der Waals surface area contributed by atoms with Gasteiger partial charge < -0.3 is 14.4 Å². The lowest BCUT2D eigenvalue weighted by molar-refractivity contribution is 0.0952. The van der Waals surface area contributed by atoms with Gasteiger partial charge in [-0.25, -0.2) is 0 Å². The molecule has 1 aliphatic rings. The van der Waals surface area contributed by atoms with Crippen molar-refractivity contribution in [2.75, 3.05) is 33.9 Å². The summed E-state index contributed by atoms with van der Waals surface area (Å²) in [5.74, 6) is 2.24. The Balaban J connectivity index is 1.91. The highest BCUT2D eigenvalue weighted by Gasteiger charge is 2.17. The molecule has 1 aliphatic heterocycles. The summed E-state index contributed by atoms with van der Waals surface area (Å²) < 4.78 is 10.4. The van der Waals surface area contributed by atoms with Gasteiger partial charge in [-0.05, 0) is 50.0 Å². The fourth-order valence-electron chi connectivity index (χ4n) is 2.70. The third-order valence-electron chi connectivity index (χ3n) is 4.24. The lowest BCUT2D eigenvalue weighted by atomic mass is 9.99. The third kappa shape index (κ3) is 4.21. The number of ether oxygens (including phenoxy) is 2. The van der Waals surface area contributed by atoms with E-state index in [1.54, 1.807) is 26.4 Å². The normalized spacial score (nSPS) is 16.7. The van der Waals surface area contributed by atoms with E-state index in [-0.39, 0.29) is 5.78 Å². The van der Waals surface area contributed by atoms with Gasteiger partial charge in [0, 0.05) is 18.5 Å². The molecule has 0 bridgehead atoms. The number of ketones is 1. The number of hydrogen-bond acceptors (Lipinski definition) is 4. The molecule has 0 aromatic heterocycles. The van der Waals surface area contributed by atoms with E-state index in [1.807, 2.05) is 6.07 Å². The molecule has 2 rings (SSSR count). The third-order valence-corrected chi connectivity index (χ3v) is 4.24. The van der Waals surface area contributed by atoms with Crippen molar-refractivity contribution in [3.05, 3.63) is 23.8 Å². The maximum atomic E-state index is 12.3. The van der Waals surface area contributed by atoms with Crippen LogP contribution in [0.15, 0.2) is 18.2 Å². The van der Waals surface area contributed by atoms with Crippen molar-refractivity contribution in [3.63, 3.8) is 0 Å². The predicted molar refractivity (Wildman–Crippen MR) is 83.3 cm³/mol. The first-order valence-electron chi connectivity index (χ1n) is 7.61. The molecule has 1 fully saturated rings. The van der Waals surface area contributed by atoms with Crippen LogP contribution in [0.1, 0.15) is 36.5 Å². The molecule has 21 heavy (non-hydrogen) atoms. The molecule has 0 saturated carbocycles. The first-order chi connectivity index (χ1) is 10.1. The zero-order chi connectivity index (χ0) is 15.2. The van der Waals surface area contributed by atoms with Crippen molar-refractivity contribution >= 4 is 5.78 Å². The van der Waals surface area contributed by atoms with Crippen LogP contribution < -0.4 is 9.47 Å². The van der Waals surface area contributed by atoms with E-state index in [1.165, 1.54) is 12.8 Å². The van der Waals surface area contributed by atoms with Crippen LogP contribution in [0.2, 0.25) is 0 Å². The average Bonchev–Trinajstić information content (AvgIpc) is 2.53. The standard InChI is InChI=1S/C17H25NO3/c1-13-6-9-18(10-7-13)11-8-15(19)14-4-5-16(20-2)17(12-14)21-3/h4-5,12-13H,6-11H2,1-3H3. The smallest absolute Gasteiger partial charge is 0.164 e. The van der Waals surface area contributed by atoms with E-state index >= 15 is 0 Å². The highest BCUT2D eigenvalue weighted by Crippen LogP contribution is 2.28. The highest BCUT2D eigenvalue weighted by atomic mass is 16.5. The van der Waals surface area contributed by atoms with Gasteiger partial charge in [-0.1, -0.05) is 6.92 Å². The summed E-state index contributed by atoms with van der Waals surface area (Å²) in [6.07, 6.45) is 3.04. The van der Waals surface area contributed by atoms with Gasteiger partial charge in [-0.15, -0.1) is 0 Å². The molecule has 0 spiro atoms. The molecule has 0 N–H and O–H groups in total. The van der Waals surface area contributed by atoms with Crippen LogP contribution in [0, 0.1) is 5.92 Å². The zero-order valence-corrected chi connectivity index (χ0v) is 13.2. The maximum absolute atomic E-state index is 12.3. The van der Waals surface area contributed by atoms with E-state index in [0.717, 1.165) is 25.6 Å². The second-order valence-electron chi connectivity index (χ2n) is 5.77. The molecule has 1 saturated heterocycles. The number of hydrogen-bond donors (Lipinski definition) is 0. The number of rotatable bonds is 6. The van der Waals surface area contributed by atoms with E-state index in [4.69, 9.17) is 9.47 Å². The lowest BCUT2D eigenvalue weighted by Gasteiger charge is -2.29. The van der Waals surface area contributed by atoms with Gasteiger partial charge in [0.25, 0.3) is 0 Å². The molecule has 4 nitrogen and oxygen atoms in total. The Morgan fingerprint density at radius 3 is 2.48 bits per heavy atom. The molecule has 0 aliphatic carbocycles. The minimum Gasteiger partial charge on any atom is -0.493 e. The van der Waals surface area contributed by atoms with Gasteiger partial charge in [0.05, 0.1) is 14.2 Å². The van der Waals surface area contributed by atoms with E-state index in [2.05, 4.69) is 11.8 Å². The molecule has 1 aromatic carbocycles. The average molecular weight is 291 g/mol. The second-order valence-corrected chi connectivity index (χ2v) is 5.77. The van der Waals surface area contributed by atoms with Gasteiger partial charge in [-0.3, -0.25) is 4.79 Å². The van der Waals surface area contributed by atoms with Gasteiger partial charge in [0.2, 0.25) is 0 Å². The number of methoxy groups -OCH3 is 2. The molecule has 116 valence electrons. The largest absolute Gasteiger partial charge is 0.493 e. The summed E-state index contributed by atoms with van der Waals surface area (Å²) in [7, 11) is 3.18. The maximum Gasteiger partial charge on any atom is 0.164 e. The second kappa shape index (κ2) is 7.46. The molecule has 0 amide bonds. The van der Waals surface area contributed by atoms with Crippen molar-refractivity contribution < 1.29 is 14.3 Å². The molecule has 0 radical (unpaired) electrons. The molecule has 1 aromatic rings. The number of Topliss-reactive ketones (excluding diaryl/α,β-unsaturated/α-hetero) is 1. The van der Waals surface area contributed by atoms with Crippen LogP contribution in [-0.4, -0.2) is 44.5 Å². The number of benzene rings is 1. The summed E-state index contributed by atoms with van der Waals surface area (Å²) in [4.78, 5) is 14.7. The fourth-order valence-corrected chi connectivity index (χ4v) is 2.70. The minimum atomic E-state index is 0.162. The number of likely N-dealkylation sites (tertiary alicyclic amines) is 1. The van der Waals surface area contributed by atoms with Gasteiger partial charge in [0.1, 0.15) is 0 Å². The van der Waals surface area contributed by atoms with Crippen LogP contribution in [-0.2, 0) is 0 Å². The Labute approximate surface area is 127 Å². The van der Waals surface area contributed by atoms with Gasteiger partial charge >= 0.3 is 0 Å². The number of carbonyl (C=O) groups is 1. The van der Waals surface area contributed by atoms with Crippen molar-refractivity contribution in [2.45, 2.75) is 26.2 Å². The summed E-state index contributed by atoms with van der Waals surface area (Å²) >= 11 is 0. The Kier molecular flexibility index (Phi) is 5.62. The van der Waals surface area contributed by atoms with E-state index in [0.29, 0.717) is 23.5 Å². The molecule has 1 heterocycles. The van der Waals surface area contributed by atoms with Crippen molar-refractivity contribution in [1.82, 2.24) is 4.90 Å². The van der Waals surface area contributed by atoms with E-state index < -0.39 is 0 Å². The Morgan fingerprint density at radius 1 is 1.19 bits per heavy atom. The lowest BCUT2D eigenvalue weighted by Crippen LogP contribution is -2.34. The minimum absolute atomic E-state index is 0.162. The Morgan fingerprint density at radius 2 is 1.86 bits per heavy atom. The van der Waals surface area contributed by atoms with Gasteiger partial charge in [-0.2, -0.15) is 0 Å². The Bertz CT molecular complexity index is 479. The SMILES string of the molecule is COc1ccc(C(=O)CCN2CCC(C)CC2)cc1OC. The highest BCUT2D eigenvalue weighted by molar-refractivity contribution is 5.96.